The highest BCUT2D eigenvalue weighted by Crippen LogP contribution is 2.23. The fourth-order valence-corrected chi connectivity index (χ4v) is 2.79. The van der Waals surface area contributed by atoms with Gasteiger partial charge < -0.3 is 4.90 Å². The summed E-state index contributed by atoms with van der Waals surface area (Å²) in [5, 5.41) is 0. The molecule has 0 saturated carbocycles. The van der Waals surface area contributed by atoms with Crippen LogP contribution in [-0.4, -0.2) is 35.8 Å². The van der Waals surface area contributed by atoms with Gasteiger partial charge in [-0.15, -0.1) is 11.8 Å². The summed E-state index contributed by atoms with van der Waals surface area (Å²) in [5.74, 6) is -0.456. The molecule has 0 aliphatic rings. The molecule has 0 fully saturated rings. The second-order valence-corrected chi connectivity index (χ2v) is 6.35. The van der Waals surface area contributed by atoms with Crippen LogP contribution in [0.1, 0.15) is 19.4 Å². The lowest BCUT2D eigenvalue weighted by molar-refractivity contribution is -0.160. The normalized spacial score (nSPS) is 11.8. The Morgan fingerprint density at radius 2 is 1.90 bits per heavy atom. The molecule has 0 radical (unpaired) electrons. The predicted molar refractivity (Wildman–Crippen MR) is 79.4 cm³/mol. The van der Waals surface area contributed by atoms with Crippen LogP contribution in [0.4, 0.5) is 13.2 Å². The highest BCUT2D eigenvalue weighted by molar-refractivity contribution is 8.00. The summed E-state index contributed by atoms with van der Waals surface area (Å²) in [5.41, 5.74) is 1.02. The number of hydrogen-bond acceptors (Lipinski definition) is 2. The molecule has 0 aliphatic heterocycles. The van der Waals surface area contributed by atoms with Crippen LogP contribution in [0.15, 0.2) is 29.2 Å². The van der Waals surface area contributed by atoms with E-state index < -0.39 is 18.6 Å². The molecule has 0 atom stereocenters. The molecule has 0 aromatic heterocycles. The van der Waals surface area contributed by atoms with E-state index in [1.165, 1.54) is 11.8 Å². The number of nitrogens with zero attached hydrogens (tertiary/aromatic N) is 1. The number of halogens is 3. The Balaban J connectivity index is 2.66. The lowest BCUT2D eigenvalue weighted by atomic mass is 10.2. The van der Waals surface area contributed by atoms with Crippen molar-refractivity contribution in [3.05, 3.63) is 29.8 Å². The molecule has 1 aromatic carbocycles. The standard InChI is InChI=1S/C15H20F3NOS/c1-11(2)8-19(10-15(16,17)18)14(20)9-21-13-7-5-4-6-12(13)3/h4-7,11H,8-10H2,1-3H3. The van der Waals surface area contributed by atoms with E-state index in [2.05, 4.69) is 0 Å². The molecule has 21 heavy (non-hydrogen) atoms. The second kappa shape index (κ2) is 7.73. The van der Waals surface area contributed by atoms with Crippen molar-refractivity contribution in [1.29, 1.82) is 0 Å². The number of aryl methyl sites for hydroxylation is 1. The van der Waals surface area contributed by atoms with Gasteiger partial charge in [-0.05, 0) is 24.5 Å². The third-order valence-corrected chi connectivity index (χ3v) is 3.91. The van der Waals surface area contributed by atoms with Crippen molar-refractivity contribution in [2.45, 2.75) is 31.8 Å². The summed E-state index contributed by atoms with van der Waals surface area (Å²) >= 11 is 1.28. The van der Waals surface area contributed by atoms with Gasteiger partial charge in [0.15, 0.2) is 0 Å². The SMILES string of the molecule is Cc1ccccc1SCC(=O)N(CC(C)C)CC(F)(F)F. The van der Waals surface area contributed by atoms with E-state index in [0.29, 0.717) is 0 Å². The van der Waals surface area contributed by atoms with E-state index in [0.717, 1.165) is 15.4 Å². The molecule has 0 heterocycles. The fourth-order valence-electron chi connectivity index (χ4n) is 1.86. The van der Waals surface area contributed by atoms with Crippen molar-refractivity contribution in [2.75, 3.05) is 18.8 Å². The molecule has 1 aromatic rings. The number of alkyl halides is 3. The quantitative estimate of drug-likeness (QED) is 0.735. The lowest BCUT2D eigenvalue weighted by Gasteiger charge is -2.25. The molecule has 0 spiro atoms. The molecule has 2 nitrogen and oxygen atoms in total. The van der Waals surface area contributed by atoms with Crippen molar-refractivity contribution in [1.82, 2.24) is 4.90 Å². The number of amides is 1. The van der Waals surface area contributed by atoms with E-state index in [9.17, 15) is 18.0 Å². The van der Waals surface area contributed by atoms with E-state index in [1.54, 1.807) is 13.8 Å². The van der Waals surface area contributed by atoms with Crippen LogP contribution in [0.2, 0.25) is 0 Å². The van der Waals surface area contributed by atoms with Crippen molar-refractivity contribution in [3.8, 4) is 0 Å². The Labute approximate surface area is 127 Å². The number of hydrogen-bond donors (Lipinski definition) is 0. The van der Waals surface area contributed by atoms with Crippen LogP contribution >= 0.6 is 11.8 Å². The molecule has 0 saturated heterocycles. The Morgan fingerprint density at radius 3 is 2.43 bits per heavy atom. The van der Waals surface area contributed by atoms with E-state index in [-0.39, 0.29) is 18.2 Å². The van der Waals surface area contributed by atoms with Crippen LogP contribution in [0.25, 0.3) is 0 Å². The summed E-state index contributed by atoms with van der Waals surface area (Å²) in [6.45, 7) is 4.44. The van der Waals surface area contributed by atoms with Gasteiger partial charge in [-0.2, -0.15) is 13.2 Å². The minimum Gasteiger partial charge on any atom is -0.333 e. The molecule has 0 unspecified atom stereocenters. The number of benzene rings is 1. The minimum absolute atomic E-state index is 0.000221. The highest BCUT2D eigenvalue weighted by Gasteiger charge is 2.33. The molecule has 6 heteroatoms. The molecular weight excluding hydrogens is 299 g/mol. The first-order valence-electron chi connectivity index (χ1n) is 6.72. The largest absolute Gasteiger partial charge is 0.406 e. The molecular formula is C15H20F3NOS. The molecule has 1 amide bonds. The Hall–Kier alpha value is -1.17. The van der Waals surface area contributed by atoms with Gasteiger partial charge in [-0.1, -0.05) is 32.0 Å². The third-order valence-electron chi connectivity index (χ3n) is 2.75. The van der Waals surface area contributed by atoms with Gasteiger partial charge in [0.05, 0.1) is 5.75 Å². The number of rotatable bonds is 6. The maximum Gasteiger partial charge on any atom is 0.406 e. The van der Waals surface area contributed by atoms with E-state index in [1.807, 2.05) is 31.2 Å². The van der Waals surface area contributed by atoms with Crippen LogP contribution in [0.5, 0.6) is 0 Å². The second-order valence-electron chi connectivity index (χ2n) is 5.34. The summed E-state index contributed by atoms with van der Waals surface area (Å²) in [6, 6.07) is 7.51. The summed E-state index contributed by atoms with van der Waals surface area (Å²) in [4.78, 5) is 13.9. The Bertz CT molecular complexity index is 474. The Morgan fingerprint density at radius 1 is 1.29 bits per heavy atom. The average molecular weight is 319 g/mol. The lowest BCUT2D eigenvalue weighted by Crippen LogP contribution is -2.42. The molecule has 118 valence electrons. The summed E-state index contributed by atoms with van der Waals surface area (Å²) in [6.07, 6.45) is -4.36. The van der Waals surface area contributed by atoms with Gasteiger partial charge in [0, 0.05) is 11.4 Å². The average Bonchev–Trinajstić information content (AvgIpc) is 2.34. The first-order valence-corrected chi connectivity index (χ1v) is 7.70. The fraction of sp³-hybridized carbons (Fsp3) is 0.533. The minimum atomic E-state index is -4.36. The van der Waals surface area contributed by atoms with Crippen molar-refractivity contribution in [2.24, 2.45) is 5.92 Å². The van der Waals surface area contributed by atoms with Gasteiger partial charge in [-0.3, -0.25) is 4.79 Å². The van der Waals surface area contributed by atoms with Crippen LogP contribution < -0.4 is 0 Å². The number of carbonyl (C=O) groups is 1. The van der Waals surface area contributed by atoms with Crippen LogP contribution in [-0.2, 0) is 4.79 Å². The maximum atomic E-state index is 12.5. The zero-order valence-electron chi connectivity index (χ0n) is 12.4. The van der Waals surface area contributed by atoms with Crippen molar-refractivity contribution < 1.29 is 18.0 Å². The molecule has 0 N–H and O–H groups in total. The van der Waals surface area contributed by atoms with Gasteiger partial charge in [-0.25, -0.2) is 0 Å². The first-order chi connectivity index (χ1) is 9.69. The summed E-state index contributed by atoms with van der Waals surface area (Å²) in [7, 11) is 0. The molecule has 0 bridgehead atoms. The van der Waals surface area contributed by atoms with Gasteiger partial charge >= 0.3 is 6.18 Å². The zero-order valence-corrected chi connectivity index (χ0v) is 13.2. The first kappa shape index (κ1) is 17.9. The van der Waals surface area contributed by atoms with Crippen LogP contribution in [0, 0.1) is 12.8 Å². The zero-order chi connectivity index (χ0) is 16.0. The van der Waals surface area contributed by atoms with E-state index >= 15 is 0 Å². The van der Waals surface area contributed by atoms with Gasteiger partial charge in [0.25, 0.3) is 0 Å². The van der Waals surface area contributed by atoms with E-state index in [4.69, 9.17) is 0 Å². The predicted octanol–water partition coefficient (Wildman–Crippen LogP) is 4.13. The smallest absolute Gasteiger partial charge is 0.333 e. The van der Waals surface area contributed by atoms with Gasteiger partial charge in [0.2, 0.25) is 5.91 Å². The Kier molecular flexibility index (Phi) is 6.58. The maximum absolute atomic E-state index is 12.5. The van der Waals surface area contributed by atoms with Gasteiger partial charge in [0.1, 0.15) is 6.54 Å². The third kappa shape index (κ3) is 6.89. The number of carbonyl (C=O) groups excluding carboxylic acids is 1. The van der Waals surface area contributed by atoms with Crippen molar-refractivity contribution >= 4 is 17.7 Å². The monoisotopic (exact) mass is 319 g/mol. The number of thioether (sulfide) groups is 1. The molecule has 1 rings (SSSR count). The highest BCUT2D eigenvalue weighted by atomic mass is 32.2. The molecule has 0 aliphatic carbocycles. The van der Waals surface area contributed by atoms with Crippen LogP contribution in [0.3, 0.4) is 0 Å². The summed E-state index contributed by atoms with van der Waals surface area (Å²) < 4.78 is 37.6. The topological polar surface area (TPSA) is 20.3 Å². The van der Waals surface area contributed by atoms with Crippen molar-refractivity contribution in [3.63, 3.8) is 0 Å².